The smallest absolute Gasteiger partial charge is 0.337 e. The molecule has 2 aromatic rings. The molecular formula is C18H25NO2. The van der Waals surface area contributed by atoms with E-state index in [0.717, 1.165) is 41.4 Å². The third-order valence-electron chi connectivity index (χ3n) is 4.11. The molecule has 0 aliphatic carbocycles. The van der Waals surface area contributed by atoms with Crippen molar-refractivity contribution in [3.8, 4) is 0 Å². The van der Waals surface area contributed by atoms with Crippen LogP contribution in [0.1, 0.15) is 67.7 Å². The summed E-state index contributed by atoms with van der Waals surface area (Å²) in [5, 5.41) is 10.6. The molecule has 2 rings (SSSR count). The van der Waals surface area contributed by atoms with Crippen LogP contribution in [0.3, 0.4) is 0 Å². The van der Waals surface area contributed by atoms with Gasteiger partial charge in [0.25, 0.3) is 0 Å². The number of carboxylic acid groups (broad SMARTS) is 1. The molecule has 1 aromatic heterocycles. The fourth-order valence-electron chi connectivity index (χ4n) is 2.76. The zero-order valence-corrected chi connectivity index (χ0v) is 13.6. The lowest BCUT2D eigenvalue weighted by molar-refractivity contribution is 0.0698. The molecule has 0 aliphatic heterocycles. The van der Waals surface area contributed by atoms with Gasteiger partial charge in [0.15, 0.2) is 0 Å². The average Bonchev–Trinajstić information content (AvgIpc) is 2.69. The van der Waals surface area contributed by atoms with Crippen LogP contribution in [0, 0.1) is 6.92 Å². The second kappa shape index (κ2) is 5.55. The van der Waals surface area contributed by atoms with Gasteiger partial charge in [0.05, 0.1) is 11.1 Å². The summed E-state index contributed by atoms with van der Waals surface area (Å²) in [7, 11) is 0. The summed E-state index contributed by atoms with van der Waals surface area (Å²) in [4.78, 5) is 14.9. The fraction of sp³-hybridized carbons (Fsp3) is 0.500. The number of unbranched alkanes of at least 4 members (excludes halogenated alkanes) is 1. The maximum Gasteiger partial charge on any atom is 0.337 e. The minimum absolute atomic E-state index is 0.0639. The lowest BCUT2D eigenvalue weighted by Crippen LogP contribution is -2.12. The third-order valence-corrected chi connectivity index (χ3v) is 4.11. The Bertz CT molecular complexity index is 675. The number of carboxylic acids is 1. The summed E-state index contributed by atoms with van der Waals surface area (Å²) in [5.41, 5.74) is 4.50. The van der Waals surface area contributed by atoms with Crippen molar-refractivity contribution in [1.29, 1.82) is 0 Å². The molecule has 0 radical (unpaired) electrons. The molecule has 0 amide bonds. The predicted octanol–water partition coefficient (Wildman–Crippen LogP) is 4.81. The molecule has 0 saturated heterocycles. The summed E-state index contributed by atoms with van der Waals surface area (Å²) < 4.78 is 0. The second-order valence-corrected chi connectivity index (χ2v) is 6.83. The van der Waals surface area contributed by atoms with E-state index in [1.54, 1.807) is 0 Å². The van der Waals surface area contributed by atoms with Crippen molar-refractivity contribution in [2.75, 3.05) is 0 Å². The first kappa shape index (κ1) is 15.6. The molecule has 1 heterocycles. The van der Waals surface area contributed by atoms with Crippen molar-refractivity contribution >= 4 is 16.9 Å². The third kappa shape index (κ3) is 2.97. The van der Waals surface area contributed by atoms with Crippen molar-refractivity contribution in [3.63, 3.8) is 0 Å². The fourth-order valence-corrected chi connectivity index (χ4v) is 2.76. The van der Waals surface area contributed by atoms with Gasteiger partial charge in [0.2, 0.25) is 0 Å². The Morgan fingerprint density at radius 3 is 2.48 bits per heavy atom. The predicted molar refractivity (Wildman–Crippen MR) is 87.3 cm³/mol. The lowest BCUT2D eigenvalue weighted by atomic mass is 9.84. The maximum atomic E-state index is 11.6. The minimum Gasteiger partial charge on any atom is -0.478 e. The highest BCUT2D eigenvalue weighted by Crippen LogP contribution is 2.32. The van der Waals surface area contributed by atoms with Crippen LogP contribution < -0.4 is 0 Å². The number of rotatable bonds is 4. The SMILES string of the molecule is CCCCc1c(C)[nH]c2c(C(=O)O)cc(C(C)(C)C)cc12. The molecule has 0 unspecified atom stereocenters. The quantitative estimate of drug-likeness (QED) is 0.847. The number of aryl methyl sites for hydroxylation is 2. The molecule has 0 spiro atoms. The van der Waals surface area contributed by atoms with E-state index >= 15 is 0 Å². The summed E-state index contributed by atoms with van der Waals surface area (Å²) >= 11 is 0. The molecule has 0 fully saturated rings. The van der Waals surface area contributed by atoms with Gasteiger partial charge >= 0.3 is 5.97 Å². The second-order valence-electron chi connectivity index (χ2n) is 6.83. The van der Waals surface area contributed by atoms with E-state index in [-0.39, 0.29) is 5.41 Å². The Hall–Kier alpha value is -1.77. The zero-order valence-electron chi connectivity index (χ0n) is 13.6. The summed E-state index contributed by atoms with van der Waals surface area (Å²) in [5.74, 6) is -0.866. The molecule has 3 heteroatoms. The van der Waals surface area contributed by atoms with Gasteiger partial charge in [-0.3, -0.25) is 0 Å². The number of aromatic carboxylic acids is 1. The largest absolute Gasteiger partial charge is 0.478 e. The molecule has 2 N–H and O–H groups in total. The van der Waals surface area contributed by atoms with E-state index in [1.807, 2.05) is 13.0 Å². The van der Waals surface area contributed by atoms with Crippen molar-refractivity contribution in [3.05, 3.63) is 34.5 Å². The molecule has 114 valence electrons. The first-order valence-corrected chi connectivity index (χ1v) is 7.64. The highest BCUT2D eigenvalue weighted by molar-refractivity contribution is 6.04. The number of aromatic nitrogens is 1. The molecule has 1 aromatic carbocycles. The Labute approximate surface area is 126 Å². The van der Waals surface area contributed by atoms with Crippen LogP contribution in [0.2, 0.25) is 0 Å². The first-order valence-electron chi connectivity index (χ1n) is 7.64. The van der Waals surface area contributed by atoms with Gasteiger partial charge in [-0.25, -0.2) is 4.79 Å². The zero-order chi connectivity index (χ0) is 15.8. The number of carbonyl (C=O) groups is 1. The number of nitrogens with one attached hydrogen (secondary N) is 1. The van der Waals surface area contributed by atoms with Crippen LogP contribution in [-0.4, -0.2) is 16.1 Å². The highest BCUT2D eigenvalue weighted by atomic mass is 16.4. The molecular weight excluding hydrogens is 262 g/mol. The standard InChI is InChI=1S/C18H25NO2/c1-6-7-8-13-11(2)19-16-14(13)9-12(18(3,4)5)10-15(16)17(20)21/h9-10,19H,6-8H2,1-5H3,(H,20,21). The van der Waals surface area contributed by atoms with Crippen LogP contribution in [-0.2, 0) is 11.8 Å². The Kier molecular flexibility index (Phi) is 4.13. The molecule has 0 atom stereocenters. The van der Waals surface area contributed by atoms with Gasteiger partial charge < -0.3 is 10.1 Å². The Morgan fingerprint density at radius 2 is 1.95 bits per heavy atom. The monoisotopic (exact) mass is 287 g/mol. The lowest BCUT2D eigenvalue weighted by Gasteiger charge is -2.20. The van der Waals surface area contributed by atoms with Crippen LogP contribution in [0.25, 0.3) is 10.9 Å². The van der Waals surface area contributed by atoms with Crippen LogP contribution in [0.15, 0.2) is 12.1 Å². The van der Waals surface area contributed by atoms with E-state index in [2.05, 4.69) is 38.7 Å². The summed E-state index contributed by atoms with van der Waals surface area (Å²) in [6.45, 7) is 10.6. The normalized spacial score (nSPS) is 12.0. The Balaban J connectivity index is 2.74. The molecule has 0 bridgehead atoms. The number of hydrogen-bond donors (Lipinski definition) is 2. The van der Waals surface area contributed by atoms with Crippen molar-refractivity contribution in [1.82, 2.24) is 4.98 Å². The average molecular weight is 287 g/mol. The van der Waals surface area contributed by atoms with Crippen molar-refractivity contribution in [2.45, 2.75) is 59.3 Å². The molecule has 0 saturated carbocycles. The van der Waals surface area contributed by atoms with Gasteiger partial charge in [-0.05, 0) is 48.4 Å². The number of fused-ring (bicyclic) bond motifs is 1. The van der Waals surface area contributed by atoms with Gasteiger partial charge in [-0.1, -0.05) is 34.1 Å². The van der Waals surface area contributed by atoms with E-state index in [1.165, 1.54) is 5.56 Å². The maximum absolute atomic E-state index is 11.6. The van der Waals surface area contributed by atoms with E-state index in [0.29, 0.717) is 5.56 Å². The molecule has 0 aliphatic rings. The molecule has 21 heavy (non-hydrogen) atoms. The summed E-state index contributed by atoms with van der Waals surface area (Å²) in [6.07, 6.45) is 3.25. The summed E-state index contributed by atoms with van der Waals surface area (Å²) in [6, 6.07) is 3.97. The minimum atomic E-state index is -0.866. The van der Waals surface area contributed by atoms with Crippen LogP contribution in [0.5, 0.6) is 0 Å². The highest BCUT2D eigenvalue weighted by Gasteiger charge is 2.21. The van der Waals surface area contributed by atoms with Crippen LogP contribution >= 0.6 is 0 Å². The first-order chi connectivity index (χ1) is 9.75. The number of H-pyrrole nitrogens is 1. The number of hydrogen-bond acceptors (Lipinski definition) is 1. The van der Waals surface area contributed by atoms with E-state index in [4.69, 9.17) is 0 Å². The van der Waals surface area contributed by atoms with E-state index < -0.39 is 5.97 Å². The Morgan fingerprint density at radius 1 is 1.29 bits per heavy atom. The number of aromatic amines is 1. The topological polar surface area (TPSA) is 53.1 Å². The van der Waals surface area contributed by atoms with Crippen molar-refractivity contribution in [2.24, 2.45) is 0 Å². The van der Waals surface area contributed by atoms with Crippen LogP contribution in [0.4, 0.5) is 0 Å². The molecule has 3 nitrogen and oxygen atoms in total. The van der Waals surface area contributed by atoms with Gasteiger partial charge in [-0.15, -0.1) is 0 Å². The van der Waals surface area contributed by atoms with Gasteiger partial charge in [0.1, 0.15) is 0 Å². The van der Waals surface area contributed by atoms with Crippen molar-refractivity contribution < 1.29 is 9.90 Å². The van der Waals surface area contributed by atoms with Gasteiger partial charge in [0, 0.05) is 11.1 Å². The van der Waals surface area contributed by atoms with E-state index in [9.17, 15) is 9.90 Å². The van der Waals surface area contributed by atoms with Gasteiger partial charge in [-0.2, -0.15) is 0 Å². The number of benzene rings is 1.